The molecule has 1 aliphatic carbocycles. The number of phenolic OH excluding ortho intramolecular Hbond substituents is 1. The molecule has 0 amide bonds. The van der Waals surface area contributed by atoms with Crippen LogP contribution in [0.4, 0.5) is 5.69 Å². The van der Waals surface area contributed by atoms with Gasteiger partial charge >= 0.3 is 31.0 Å². The molecule has 1 aliphatic rings. The molecule has 2 aromatic carbocycles. The normalized spacial score (nSPS) is 16.3. The van der Waals surface area contributed by atoms with Gasteiger partial charge in [-0.2, -0.15) is 0 Å². The van der Waals surface area contributed by atoms with Gasteiger partial charge in [-0.3, -0.25) is 4.99 Å². The van der Waals surface area contributed by atoms with E-state index in [2.05, 4.69) is 10.3 Å². The standard InChI is InChI=1S/C25H28N2O7S2.Na/c1-5-26-20-9-7-17(11-15(20)3)25(18-8-10-21(27-6-2)16(4)12-18)19-13-22(28)24(36(32,33)34)14-23(19)35(29,30)31;/h7-14,26,28H,5-6H2,1-4H3,(H,29,30,31)(H,32,33,34);/q;+1/p-1. The van der Waals surface area contributed by atoms with Crippen LogP contribution in [0.1, 0.15) is 38.9 Å². The fourth-order valence-corrected chi connectivity index (χ4v) is 5.34. The summed E-state index contributed by atoms with van der Waals surface area (Å²) in [5.41, 5.74) is 4.22. The average Bonchev–Trinajstić information content (AvgIpc) is 2.76. The molecule has 37 heavy (non-hydrogen) atoms. The van der Waals surface area contributed by atoms with Gasteiger partial charge in [0.25, 0.3) is 0 Å². The van der Waals surface area contributed by atoms with Crippen molar-refractivity contribution in [2.45, 2.75) is 37.5 Å². The van der Waals surface area contributed by atoms with Crippen molar-refractivity contribution >= 4 is 37.2 Å². The van der Waals surface area contributed by atoms with Crippen molar-refractivity contribution in [3.8, 4) is 5.75 Å². The minimum atomic E-state index is -5.26. The minimum absolute atomic E-state index is 0. The molecule has 0 saturated carbocycles. The Bertz CT molecular complexity index is 1560. The molecule has 0 radical (unpaired) electrons. The predicted molar refractivity (Wildman–Crippen MR) is 137 cm³/mol. The van der Waals surface area contributed by atoms with Crippen molar-refractivity contribution in [3.05, 3.63) is 76.4 Å². The summed E-state index contributed by atoms with van der Waals surface area (Å²) in [5.74, 6) is -0.958. The molecule has 9 nitrogen and oxygen atoms in total. The first kappa shape index (κ1) is 31.0. The van der Waals surface area contributed by atoms with E-state index in [9.17, 15) is 31.0 Å². The molecule has 2 aromatic rings. The first-order valence-corrected chi connectivity index (χ1v) is 13.9. The maximum Gasteiger partial charge on any atom is 1.00 e. The van der Waals surface area contributed by atoms with Crippen molar-refractivity contribution in [1.29, 1.82) is 0 Å². The zero-order valence-corrected chi connectivity index (χ0v) is 24.8. The number of phenols is 1. The number of benzene rings is 2. The van der Waals surface area contributed by atoms with E-state index >= 15 is 0 Å². The van der Waals surface area contributed by atoms with Gasteiger partial charge in [-0.15, -0.1) is 0 Å². The number of hydrogen-bond acceptors (Lipinski definition) is 9. The fraction of sp³-hybridized carbons (Fsp3) is 0.240. The van der Waals surface area contributed by atoms with E-state index < -0.39 is 35.8 Å². The quantitative estimate of drug-likeness (QED) is 0.376. The number of allylic oxidation sites excluding steroid dienone is 5. The van der Waals surface area contributed by atoms with Crippen LogP contribution in [0.25, 0.3) is 5.57 Å². The van der Waals surface area contributed by atoms with E-state index in [1.807, 2.05) is 27.7 Å². The Morgan fingerprint density at radius 3 is 2.16 bits per heavy atom. The summed E-state index contributed by atoms with van der Waals surface area (Å²) in [6.07, 6.45) is 5.20. The van der Waals surface area contributed by atoms with E-state index in [0.29, 0.717) is 30.3 Å². The molecule has 0 aliphatic heterocycles. The van der Waals surface area contributed by atoms with Crippen LogP contribution in [0.15, 0.2) is 74.5 Å². The van der Waals surface area contributed by atoms with Gasteiger partial charge in [0.2, 0.25) is 0 Å². The zero-order valence-electron chi connectivity index (χ0n) is 22.2. The third-order valence-corrected chi connectivity index (χ3v) is 7.31. The number of hydrogen-bond donors (Lipinski definition) is 2. The summed E-state index contributed by atoms with van der Waals surface area (Å²) in [6.45, 7) is 8.74. The topological polar surface area (TPSA) is 159 Å². The van der Waals surface area contributed by atoms with Crippen LogP contribution in [-0.2, 0) is 20.2 Å². The largest absolute Gasteiger partial charge is 1.00 e. The number of aromatic hydroxyl groups is 1. The van der Waals surface area contributed by atoms with Gasteiger partial charge in [0.1, 0.15) is 26.0 Å². The first-order chi connectivity index (χ1) is 16.8. The van der Waals surface area contributed by atoms with E-state index in [-0.39, 0.29) is 42.1 Å². The van der Waals surface area contributed by atoms with Gasteiger partial charge < -0.3 is 19.5 Å². The number of aryl methyl sites for hydroxylation is 1. The maximum absolute atomic E-state index is 12.3. The van der Waals surface area contributed by atoms with Gasteiger partial charge in [-0.05, 0) is 92.0 Å². The van der Waals surface area contributed by atoms with Gasteiger partial charge in [0.05, 0.1) is 15.5 Å². The van der Waals surface area contributed by atoms with E-state index in [4.69, 9.17) is 0 Å². The van der Waals surface area contributed by atoms with Crippen molar-refractivity contribution < 1.29 is 62.0 Å². The van der Waals surface area contributed by atoms with Crippen LogP contribution in [0.5, 0.6) is 5.75 Å². The van der Waals surface area contributed by atoms with Crippen LogP contribution in [0.3, 0.4) is 0 Å². The van der Waals surface area contributed by atoms with Crippen molar-refractivity contribution in [2.75, 3.05) is 18.4 Å². The summed E-state index contributed by atoms with van der Waals surface area (Å²) < 4.78 is 71.6. The fourth-order valence-electron chi connectivity index (χ4n) is 4.00. The molecule has 0 heterocycles. The van der Waals surface area contributed by atoms with E-state index in [1.54, 1.807) is 36.4 Å². The average molecular weight is 555 g/mol. The predicted octanol–water partition coefficient (Wildman–Crippen LogP) is 0.836. The van der Waals surface area contributed by atoms with Gasteiger partial charge in [-0.25, -0.2) is 16.8 Å². The van der Waals surface area contributed by atoms with Crippen LogP contribution in [0.2, 0.25) is 0 Å². The van der Waals surface area contributed by atoms with Gasteiger partial charge in [0, 0.05) is 24.3 Å². The Hall–Kier alpha value is -2.25. The molecule has 12 heteroatoms. The molecule has 0 saturated heterocycles. The van der Waals surface area contributed by atoms with Crippen LogP contribution < -0.4 is 34.9 Å². The van der Waals surface area contributed by atoms with Crippen LogP contribution in [-0.4, -0.2) is 49.8 Å². The molecule has 3 rings (SSSR count). The van der Waals surface area contributed by atoms with Crippen molar-refractivity contribution in [2.24, 2.45) is 4.99 Å². The molecule has 0 spiro atoms. The summed E-state index contributed by atoms with van der Waals surface area (Å²) in [6, 6.07) is 6.55. The van der Waals surface area contributed by atoms with E-state index in [1.165, 1.54) is 0 Å². The first-order valence-electron chi connectivity index (χ1n) is 11.1. The van der Waals surface area contributed by atoms with Crippen molar-refractivity contribution in [3.63, 3.8) is 0 Å². The molecule has 0 bridgehead atoms. The maximum atomic E-state index is 12.3. The molecule has 0 atom stereocenters. The van der Waals surface area contributed by atoms with Crippen LogP contribution >= 0.6 is 0 Å². The molecular weight excluding hydrogens is 527 g/mol. The Labute approximate surface area is 241 Å². The number of aliphatic imine (C=N–C) groups is 1. The monoisotopic (exact) mass is 554 g/mol. The molecule has 192 valence electrons. The molecular formula is C25H27N2NaO7S2. The Kier molecular flexibility index (Phi) is 10.1. The van der Waals surface area contributed by atoms with Crippen molar-refractivity contribution in [1.82, 2.24) is 0 Å². The molecule has 0 fully saturated rings. The Morgan fingerprint density at radius 2 is 1.65 bits per heavy atom. The van der Waals surface area contributed by atoms with Gasteiger partial charge in [0.15, 0.2) is 0 Å². The zero-order chi connectivity index (χ0) is 26.8. The third kappa shape index (κ3) is 6.99. The smallest absolute Gasteiger partial charge is 0.744 e. The summed E-state index contributed by atoms with van der Waals surface area (Å²) in [4.78, 5) is 2.28. The number of anilines is 1. The SMILES string of the molecule is CCN=C1C=CC(=C(c2ccc(NCC)c(C)c2)c2cc(O)c(S(=O)(=O)[O-])cc2S(=O)(=O)[O-])C=C1C.[H+].[Na+]. The van der Waals surface area contributed by atoms with E-state index in [0.717, 1.165) is 28.6 Å². The third-order valence-electron chi connectivity index (χ3n) is 5.57. The number of nitrogens with zero attached hydrogens (tertiary/aromatic N) is 1. The summed E-state index contributed by atoms with van der Waals surface area (Å²) in [5, 5.41) is 13.6. The van der Waals surface area contributed by atoms with Gasteiger partial charge in [-0.1, -0.05) is 12.1 Å². The second-order valence-electron chi connectivity index (χ2n) is 8.13. The molecule has 0 unspecified atom stereocenters. The Balaban J connectivity index is 0.00000361. The second kappa shape index (κ2) is 12.1. The minimum Gasteiger partial charge on any atom is -0.744 e. The second-order valence-corrected chi connectivity index (χ2v) is 10.8. The number of rotatable bonds is 7. The molecule has 2 N–H and O–H groups in total. The van der Waals surface area contributed by atoms with Crippen LogP contribution in [0, 0.1) is 6.92 Å². The summed E-state index contributed by atoms with van der Waals surface area (Å²) in [7, 11) is -10.5. The summed E-state index contributed by atoms with van der Waals surface area (Å²) >= 11 is 0. The molecule has 0 aromatic heterocycles. The number of nitrogens with one attached hydrogen (secondary N) is 1. The Morgan fingerprint density at radius 1 is 1.00 bits per heavy atom.